The molecule has 3 aromatic heterocycles. The molecule has 57 heavy (non-hydrogen) atoms. The number of ether oxygens (including phenoxy) is 3. The fraction of sp³-hybridized carbons (Fsp3) is 0.318. The number of aryl methyl sites for hydroxylation is 6. The second kappa shape index (κ2) is 25.7. The number of methoxy groups -OCH3 is 3. The van der Waals surface area contributed by atoms with Crippen molar-refractivity contribution in [1.82, 2.24) is 29.9 Å². The molecule has 0 aliphatic heterocycles. The summed E-state index contributed by atoms with van der Waals surface area (Å²) in [5.74, 6) is 2.44. The number of hydrogen-bond donors (Lipinski definition) is 2. The molecule has 0 saturated carbocycles. The molecule has 2 N–H and O–H groups in total. The van der Waals surface area contributed by atoms with E-state index in [4.69, 9.17) is 24.4 Å². The van der Waals surface area contributed by atoms with Gasteiger partial charge in [-0.15, -0.1) is 59.7 Å². The minimum atomic E-state index is -0.375. The van der Waals surface area contributed by atoms with Gasteiger partial charge in [-0.2, -0.15) is 0 Å². The first-order chi connectivity index (χ1) is 26.2. The Kier molecular flexibility index (Phi) is 22.8. The van der Waals surface area contributed by atoms with Crippen LogP contribution in [0.5, 0.6) is 17.2 Å². The Bertz CT molecular complexity index is 1890. The molecule has 3 aromatic carbocycles. The Balaban J connectivity index is 0.000000389. The van der Waals surface area contributed by atoms with Crippen LogP contribution in [0.4, 0.5) is 0 Å². The molecule has 0 spiro atoms. The molecule has 2 unspecified atom stereocenters. The van der Waals surface area contributed by atoms with Crippen LogP contribution in [-0.2, 0) is 40.2 Å². The monoisotopic (exact) mass is 1130 g/mol. The molecule has 13 heteroatoms. The second-order valence-corrected chi connectivity index (χ2v) is 12.8. The molecule has 0 amide bonds. The van der Waals surface area contributed by atoms with Gasteiger partial charge < -0.3 is 34.4 Å². The van der Waals surface area contributed by atoms with E-state index in [0.29, 0.717) is 6.42 Å². The molecule has 0 aliphatic rings. The molecule has 0 bridgehead atoms. The third kappa shape index (κ3) is 16.9. The summed E-state index contributed by atoms with van der Waals surface area (Å²) in [5.41, 5.74) is 11.0. The SMILES string of the molecule is CC(O)CC(C)O.COc1cc[c-]c(-c2ncc(C)nc2C)c1.COc1cc[c-]c(-c2ncc(C)nc2C)c1.COc1cccc(-c2ncc(C)nc2C)c1.[Ir].[Ir]. The number of aromatic nitrogens is 6. The maximum absolute atomic E-state index is 8.56. The summed E-state index contributed by atoms with van der Waals surface area (Å²) in [6.45, 7) is 15.0. The predicted octanol–water partition coefficient (Wildman–Crippen LogP) is 8.04. The molecule has 2 radical (unpaired) electrons. The van der Waals surface area contributed by atoms with Crippen molar-refractivity contribution >= 4 is 0 Å². The van der Waals surface area contributed by atoms with Crippen molar-refractivity contribution in [2.24, 2.45) is 0 Å². The zero-order chi connectivity index (χ0) is 40.5. The van der Waals surface area contributed by atoms with Gasteiger partial charge in [-0.1, -0.05) is 12.1 Å². The molecular weight excluding hydrogens is 1080 g/mol. The van der Waals surface area contributed by atoms with Gasteiger partial charge in [-0.05, 0) is 73.9 Å². The first-order valence-electron chi connectivity index (χ1n) is 17.8. The van der Waals surface area contributed by atoms with Crippen LogP contribution in [0.15, 0.2) is 79.3 Å². The Morgan fingerprint density at radius 1 is 0.544 bits per heavy atom. The summed E-state index contributed by atoms with van der Waals surface area (Å²) in [6, 6.07) is 25.3. The van der Waals surface area contributed by atoms with E-state index in [1.807, 2.05) is 102 Å². The van der Waals surface area contributed by atoms with Gasteiger partial charge in [0.05, 0.1) is 62.0 Å². The number of hydrogen-bond acceptors (Lipinski definition) is 11. The van der Waals surface area contributed by atoms with Gasteiger partial charge >= 0.3 is 0 Å². The van der Waals surface area contributed by atoms with E-state index in [1.54, 1.807) is 53.8 Å². The Morgan fingerprint density at radius 3 is 1.25 bits per heavy atom. The van der Waals surface area contributed by atoms with E-state index < -0.39 is 0 Å². The van der Waals surface area contributed by atoms with Gasteiger partial charge in [0.2, 0.25) is 0 Å². The van der Waals surface area contributed by atoms with Crippen LogP contribution in [0.3, 0.4) is 0 Å². The van der Waals surface area contributed by atoms with Crippen LogP contribution >= 0.6 is 0 Å². The van der Waals surface area contributed by atoms with Crippen molar-refractivity contribution in [1.29, 1.82) is 0 Å². The number of rotatable bonds is 8. The summed E-state index contributed by atoms with van der Waals surface area (Å²) < 4.78 is 15.5. The predicted molar refractivity (Wildman–Crippen MR) is 216 cm³/mol. The topological polar surface area (TPSA) is 145 Å². The summed E-state index contributed by atoms with van der Waals surface area (Å²) >= 11 is 0. The smallest absolute Gasteiger partial charge is 0.119 e. The minimum Gasteiger partial charge on any atom is -0.516 e. The van der Waals surface area contributed by atoms with E-state index in [0.717, 1.165) is 85.2 Å². The molecule has 308 valence electrons. The molecule has 2 atom stereocenters. The van der Waals surface area contributed by atoms with Crippen LogP contribution in [0.1, 0.15) is 54.4 Å². The maximum atomic E-state index is 8.56. The Hall–Kier alpha value is -4.48. The summed E-state index contributed by atoms with van der Waals surface area (Å²) in [4.78, 5) is 26.3. The van der Waals surface area contributed by atoms with E-state index >= 15 is 0 Å². The van der Waals surface area contributed by atoms with Gasteiger partial charge in [0.15, 0.2) is 0 Å². The molecule has 11 nitrogen and oxygen atoms in total. The van der Waals surface area contributed by atoms with Crippen molar-refractivity contribution in [2.75, 3.05) is 21.3 Å². The molecule has 0 fully saturated rings. The van der Waals surface area contributed by atoms with Crippen molar-refractivity contribution in [3.8, 4) is 51.0 Å². The third-order valence-corrected chi connectivity index (χ3v) is 7.75. The maximum Gasteiger partial charge on any atom is 0.119 e. The van der Waals surface area contributed by atoms with E-state index in [2.05, 4.69) is 42.0 Å². The normalized spacial score (nSPS) is 10.9. The fourth-order valence-electron chi connectivity index (χ4n) is 5.29. The first-order valence-corrected chi connectivity index (χ1v) is 17.8. The minimum absolute atomic E-state index is 0. The van der Waals surface area contributed by atoms with Crippen molar-refractivity contribution in [3.63, 3.8) is 0 Å². The van der Waals surface area contributed by atoms with Crippen molar-refractivity contribution in [2.45, 2.75) is 74.0 Å². The number of benzene rings is 3. The molecule has 0 saturated heterocycles. The zero-order valence-corrected chi connectivity index (χ0v) is 39.1. The van der Waals surface area contributed by atoms with Gasteiger partial charge in [0.25, 0.3) is 0 Å². The largest absolute Gasteiger partial charge is 0.516 e. The summed E-state index contributed by atoms with van der Waals surface area (Å²) in [6.07, 6.45) is 5.02. The standard InChI is InChI=1S/C13H14N2O.2C13H13N2O.C5H12O2.2Ir/c3*1-9-8-14-13(10(2)15-9)11-5-4-6-12(7-11)16-3;1-4(6)3-5(2)7;;/h4-8H,1-3H3;2*4,6-8H,1-3H3;4-7H,3H2,1-2H3;;/q;2*-1;;;. The number of nitrogens with zero attached hydrogens (tertiary/aromatic N) is 6. The summed E-state index contributed by atoms with van der Waals surface area (Å²) in [7, 11) is 4.95. The average molecular weight is 1130 g/mol. The second-order valence-electron chi connectivity index (χ2n) is 12.8. The van der Waals surface area contributed by atoms with E-state index in [9.17, 15) is 0 Å². The van der Waals surface area contributed by atoms with Crippen molar-refractivity contribution < 1.29 is 64.6 Å². The van der Waals surface area contributed by atoms with Crippen molar-refractivity contribution in [3.05, 3.63) is 126 Å². The van der Waals surface area contributed by atoms with Crippen LogP contribution in [0, 0.1) is 53.7 Å². The van der Waals surface area contributed by atoms with Gasteiger partial charge in [0.1, 0.15) is 5.75 Å². The van der Waals surface area contributed by atoms with E-state index in [1.165, 1.54) is 0 Å². The summed E-state index contributed by atoms with van der Waals surface area (Å²) in [5, 5.41) is 17.1. The number of aliphatic hydroxyl groups is 2. The Labute approximate surface area is 364 Å². The first kappa shape index (κ1) is 50.5. The van der Waals surface area contributed by atoms with Gasteiger partial charge in [-0.3, -0.25) is 19.9 Å². The zero-order valence-electron chi connectivity index (χ0n) is 34.3. The van der Waals surface area contributed by atoms with Crippen LogP contribution in [0.2, 0.25) is 0 Å². The molecule has 6 rings (SSSR count). The van der Waals surface area contributed by atoms with Gasteiger partial charge in [0, 0.05) is 98.6 Å². The number of aliphatic hydroxyl groups excluding tert-OH is 2. The van der Waals surface area contributed by atoms with Gasteiger partial charge in [-0.25, -0.2) is 0 Å². The molecule has 0 aliphatic carbocycles. The van der Waals surface area contributed by atoms with Crippen LogP contribution < -0.4 is 14.2 Å². The third-order valence-electron chi connectivity index (χ3n) is 7.75. The average Bonchev–Trinajstić information content (AvgIpc) is 3.15. The van der Waals surface area contributed by atoms with Crippen LogP contribution in [0.25, 0.3) is 33.8 Å². The molecular formula is C44H52Ir2N6O5-2. The Morgan fingerprint density at radius 2 is 0.912 bits per heavy atom. The molecule has 6 aromatic rings. The fourth-order valence-corrected chi connectivity index (χ4v) is 5.29. The quantitative estimate of drug-likeness (QED) is 0.143. The van der Waals surface area contributed by atoms with Crippen LogP contribution in [-0.4, -0.2) is 73.7 Å². The van der Waals surface area contributed by atoms with E-state index in [-0.39, 0.29) is 52.4 Å². The molecule has 3 heterocycles.